The first kappa shape index (κ1) is 25.2. The van der Waals surface area contributed by atoms with E-state index >= 15 is 0 Å². The third-order valence-corrected chi connectivity index (χ3v) is 8.50. The van der Waals surface area contributed by atoms with Crippen molar-refractivity contribution >= 4 is 27.3 Å². The molecule has 1 saturated carbocycles. The van der Waals surface area contributed by atoms with E-state index in [9.17, 15) is 18.3 Å². The summed E-state index contributed by atoms with van der Waals surface area (Å²) in [7, 11) is -3.79. The molecule has 0 aliphatic heterocycles. The Morgan fingerprint density at radius 2 is 1.67 bits per heavy atom. The number of aromatic nitrogens is 3. The van der Waals surface area contributed by atoms with Crippen LogP contribution in [-0.4, -0.2) is 34.3 Å². The smallest absolute Gasteiger partial charge is 0.355 e. The molecule has 0 atom stereocenters. The molecule has 0 amide bonds. The molecule has 3 N–H and O–H groups in total. The number of carboxylic acid groups (broad SMARTS) is 1. The number of thiazole rings is 1. The zero-order chi connectivity index (χ0) is 27.1. The van der Waals surface area contributed by atoms with Crippen molar-refractivity contribution in [2.24, 2.45) is 5.14 Å². The second-order valence-corrected chi connectivity index (χ2v) is 11.9. The van der Waals surface area contributed by atoms with Crippen LogP contribution in [0.25, 0.3) is 27.5 Å². The fraction of sp³-hybridized carbons (Fsp3) is 0.138. The Kier molecular flexibility index (Phi) is 6.38. The van der Waals surface area contributed by atoms with Crippen molar-refractivity contribution in [3.63, 3.8) is 0 Å². The van der Waals surface area contributed by atoms with E-state index in [0.29, 0.717) is 11.6 Å². The Morgan fingerprint density at radius 1 is 0.974 bits per heavy atom. The van der Waals surface area contributed by atoms with Gasteiger partial charge < -0.3 is 5.11 Å². The predicted molar refractivity (Wildman–Crippen MR) is 150 cm³/mol. The molecule has 1 fully saturated rings. The van der Waals surface area contributed by atoms with Crippen LogP contribution in [0.2, 0.25) is 0 Å². The van der Waals surface area contributed by atoms with Crippen LogP contribution in [0.4, 0.5) is 0 Å². The molecule has 1 aliphatic carbocycles. The van der Waals surface area contributed by atoms with Crippen LogP contribution >= 0.6 is 11.3 Å². The minimum atomic E-state index is -3.79. The zero-order valence-electron chi connectivity index (χ0n) is 20.7. The topological polar surface area (TPSA) is 128 Å². The summed E-state index contributed by atoms with van der Waals surface area (Å²) in [6.07, 6.45) is 2.52. The number of sulfonamides is 1. The molecule has 196 valence electrons. The summed E-state index contributed by atoms with van der Waals surface area (Å²) in [6.45, 7) is 0. The van der Waals surface area contributed by atoms with Crippen molar-refractivity contribution in [3.8, 4) is 27.5 Å². The third kappa shape index (κ3) is 5.14. The molecule has 1 aliphatic rings. The van der Waals surface area contributed by atoms with Gasteiger partial charge in [0.25, 0.3) is 0 Å². The first-order chi connectivity index (χ1) is 18.8. The predicted octanol–water partition coefficient (Wildman–Crippen LogP) is 5.48. The molecule has 0 radical (unpaired) electrons. The van der Waals surface area contributed by atoms with Crippen LogP contribution < -0.4 is 5.14 Å². The lowest BCUT2D eigenvalue weighted by Crippen LogP contribution is -2.11. The van der Waals surface area contributed by atoms with Crippen LogP contribution in [0.5, 0.6) is 0 Å². The summed E-state index contributed by atoms with van der Waals surface area (Å²) in [4.78, 5) is 16.0. The fourth-order valence-corrected chi connectivity index (χ4v) is 6.01. The van der Waals surface area contributed by atoms with E-state index < -0.39 is 16.0 Å². The lowest BCUT2D eigenvalue weighted by Gasteiger charge is -2.09. The number of aromatic carboxylic acids is 1. The van der Waals surface area contributed by atoms with Gasteiger partial charge in [-0.2, -0.15) is 5.10 Å². The number of nitrogens with zero attached hydrogens (tertiary/aromatic N) is 3. The maximum absolute atomic E-state index is 11.8. The molecule has 5 aromatic rings. The maximum Gasteiger partial charge on any atom is 0.355 e. The van der Waals surface area contributed by atoms with E-state index in [-0.39, 0.29) is 16.5 Å². The van der Waals surface area contributed by atoms with E-state index in [2.05, 4.69) is 29.2 Å². The molecule has 3 aromatic carbocycles. The molecular formula is C29H24N4O4S2. The van der Waals surface area contributed by atoms with Gasteiger partial charge in [0.1, 0.15) is 0 Å². The SMILES string of the molecule is NS(=O)(=O)c1ccc(Cc2c(-c3cccc(-c4ccccc4)c3)nn(-c3nc(C(=O)O)cs3)c2C2CC2)cc1. The second-order valence-electron chi connectivity index (χ2n) is 9.53. The Morgan fingerprint density at radius 3 is 2.31 bits per heavy atom. The summed E-state index contributed by atoms with van der Waals surface area (Å²) in [5.41, 5.74) is 6.79. The van der Waals surface area contributed by atoms with Gasteiger partial charge in [0.15, 0.2) is 5.69 Å². The van der Waals surface area contributed by atoms with Gasteiger partial charge in [-0.1, -0.05) is 60.7 Å². The molecule has 2 heterocycles. The first-order valence-corrected chi connectivity index (χ1v) is 14.8. The van der Waals surface area contributed by atoms with Gasteiger partial charge in [0.2, 0.25) is 15.2 Å². The average molecular weight is 557 g/mol. The van der Waals surface area contributed by atoms with Crippen LogP contribution in [-0.2, 0) is 16.4 Å². The van der Waals surface area contributed by atoms with Crippen LogP contribution in [0.1, 0.15) is 46.1 Å². The molecule has 0 bridgehead atoms. The highest BCUT2D eigenvalue weighted by Gasteiger charge is 2.34. The van der Waals surface area contributed by atoms with E-state index in [1.54, 1.807) is 16.8 Å². The molecule has 0 spiro atoms. The molecule has 39 heavy (non-hydrogen) atoms. The van der Waals surface area contributed by atoms with E-state index in [4.69, 9.17) is 10.2 Å². The Labute approximate surface area is 229 Å². The minimum Gasteiger partial charge on any atom is -0.476 e. The summed E-state index contributed by atoms with van der Waals surface area (Å²) >= 11 is 1.25. The number of carboxylic acids is 1. The molecular weight excluding hydrogens is 532 g/mol. The zero-order valence-corrected chi connectivity index (χ0v) is 22.3. The van der Waals surface area contributed by atoms with Gasteiger partial charge in [-0.05, 0) is 47.7 Å². The highest BCUT2D eigenvalue weighted by molar-refractivity contribution is 7.89. The van der Waals surface area contributed by atoms with E-state index in [1.165, 1.54) is 28.8 Å². The fourth-order valence-electron chi connectivity index (χ4n) is 4.73. The Hall–Kier alpha value is -4.12. The molecule has 0 unspecified atom stereocenters. The highest BCUT2D eigenvalue weighted by atomic mass is 32.2. The molecule has 2 aromatic heterocycles. The number of primary sulfonamides is 1. The van der Waals surface area contributed by atoms with Crippen molar-refractivity contribution in [2.45, 2.75) is 30.1 Å². The molecule has 6 rings (SSSR count). The van der Waals surface area contributed by atoms with Gasteiger partial charge in [0, 0.05) is 28.8 Å². The molecule has 10 heteroatoms. The number of hydrogen-bond donors (Lipinski definition) is 2. The van der Waals surface area contributed by atoms with Gasteiger partial charge in [-0.25, -0.2) is 28.0 Å². The Balaban J connectivity index is 1.51. The standard InChI is InChI=1S/C29H24N4O4S2/c30-39(36,37)23-13-9-18(10-14-23)15-24-26(22-8-4-7-21(16-22)19-5-2-1-3-6-19)32-33(27(24)20-11-12-20)29-31-25(17-38-29)28(34)35/h1-10,13-14,16-17,20H,11-12,15H2,(H,34,35)(H2,30,36,37). The lowest BCUT2D eigenvalue weighted by atomic mass is 9.95. The van der Waals surface area contributed by atoms with Crippen molar-refractivity contribution in [1.82, 2.24) is 14.8 Å². The average Bonchev–Trinajstić information content (AvgIpc) is 3.51. The van der Waals surface area contributed by atoms with Crippen molar-refractivity contribution < 1.29 is 18.3 Å². The summed E-state index contributed by atoms with van der Waals surface area (Å²) in [6, 6.07) is 24.9. The van der Waals surface area contributed by atoms with Crippen molar-refractivity contribution in [2.75, 3.05) is 0 Å². The minimum absolute atomic E-state index is 0.0139. The lowest BCUT2D eigenvalue weighted by molar-refractivity contribution is 0.0691. The molecule has 0 saturated heterocycles. The summed E-state index contributed by atoms with van der Waals surface area (Å²) in [5, 5.41) is 21.8. The summed E-state index contributed by atoms with van der Waals surface area (Å²) < 4.78 is 25.3. The number of nitrogens with two attached hydrogens (primary N) is 1. The van der Waals surface area contributed by atoms with Crippen molar-refractivity contribution in [3.05, 3.63) is 107 Å². The van der Waals surface area contributed by atoms with Gasteiger partial charge >= 0.3 is 5.97 Å². The van der Waals surface area contributed by atoms with E-state index in [1.807, 2.05) is 30.3 Å². The monoisotopic (exact) mass is 556 g/mol. The van der Waals surface area contributed by atoms with Gasteiger partial charge in [0.05, 0.1) is 16.3 Å². The summed E-state index contributed by atoms with van der Waals surface area (Å²) in [5.74, 6) is -0.803. The van der Waals surface area contributed by atoms with Crippen LogP contribution in [0, 0.1) is 0 Å². The van der Waals surface area contributed by atoms with Crippen LogP contribution in [0.15, 0.2) is 89.1 Å². The second kappa shape index (κ2) is 9.88. The first-order valence-electron chi connectivity index (χ1n) is 12.4. The number of rotatable bonds is 8. The van der Waals surface area contributed by atoms with Gasteiger partial charge in [-0.3, -0.25) is 0 Å². The molecule has 8 nitrogen and oxygen atoms in total. The third-order valence-electron chi connectivity index (χ3n) is 6.76. The van der Waals surface area contributed by atoms with Crippen LogP contribution in [0.3, 0.4) is 0 Å². The Bertz CT molecular complexity index is 1790. The van der Waals surface area contributed by atoms with E-state index in [0.717, 1.165) is 52.0 Å². The van der Waals surface area contributed by atoms with Crippen molar-refractivity contribution in [1.29, 1.82) is 0 Å². The normalized spacial score (nSPS) is 13.5. The number of carbonyl (C=O) groups is 1. The largest absolute Gasteiger partial charge is 0.476 e. The quantitative estimate of drug-likeness (QED) is 0.261. The highest BCUT2D eigenvalue weighted by Crippen LogP contribution is 2.46. The van der Waals surface area contributed by atoms with Gasteiger partial charge in [-0.15, -0.1) is 11.3 Å². The number of benzene rings is 3. The maximum atomic E-state index is 11.8. The number of hydrogen-bond acceptors (Lipinski definition) is 6.